The fourth-order valence-electron chi connectivity index (χ4n) is 2.40. The molecule has 1 atom stereocenters. The summed E-state index contributed by atoms with van der Waals surface area (Å²) in [5, 5.41) is 7.42. The minimum absolute atomic E-state index is 0.0737. The molecule has 2 aromatic rings. The number of aryl methyl sites for hydroxylation is 2. The second-order valence-corrected chi connectivity index (χ2v) is 6.96. The molecule has 0 aliphatic rings. The summed E-state index contributed by atoms with van der Waals surface area (Å²) in [6, 6.07) is 1.97. The minimum Gasteiger partial charge on any atom is -0.462 e. The first kappa shape index (κ1) is 20.0. The van der Waals surface area contributed by atoms with Crippen LogP contribution in [0.4, 0.5) is 0 Å². The van der Waals surface area contributed by atoms with E-state index in [2.05, 4.69) is 20.6 Å². The smallest absolute Gasteiger partial charge is 0.350 e. The summed E-state index contributed by atoms with van der Waals surface area (Å²) in [7, 11) is 1.99. The van der Waals surface area contributed by atoms with E-state index in [0.717, 1.165) is 23.1 Å². The highest BCUT2D eigenvalue weighted by atomic mass is 32.1. The van der Waals surface area contributed by atoms with Gasteiger partial charge in [-0.3, -0.25) is 0 Å². The van der Waals surface area contributed by atoms with Gasteiger partial charge in [0.2, 0.25) is 0 Å². The van der Waals surface area contributed by atoms with Crippen molar-refractivity contribution in [2.24, 2.45) is 12.0 Å². The summed E-state index contributed by atoms with van der Waals surface area (Å²) >= 11 is 1.36. The number of aliphatic imine (C=N–C) groups is 1. The third-order valence-corrected chi connectivity index (χ3v) is 4.97. The van der Waals surface area contributed by atoms with Crippen molar-refractivity contribution in [2.45, 2.75) is 40.3 Å². The minimum atomic E-state index is -0.314. The number of thiazole rings is 1. The number of nitrogens with one attached hydrogen (secondary N) is 2. The normalized spacial score (nSPS) is 12.7. The number of esters is 1. The SMILES string of the molecule is CCNC(=NCc1ccn(C)c1)NC(C)c1nc(C)c(C(=O)OCC)s1. The fourth-order valence-corrected chi connectivity index (χ4v) is 3.36. The monoisotopic (exact) mass is 377 g/mol. The Balaban J connectivity index is 2.08. The second-order valence-electron chi connectivity index (χ2n) is 5.93. The Kier molecular flexibility index (Phi) is 7.20. The molecule has 0 spiro atoms. The van der Waals surface area contributed by atoms with Crippen LogP contribution in [0.1, 0.15) is 52.7 Å². The van der Waals surface area contributed by atoms with E-state index in [9.17, 15) is 4.79 Å². The lowest BCUT2D eigenvalue weighted by molar-refractivity contribution is 0.0531. The van der Waals surface area contributed by atoms with Gasteiger partial charge in [0.05, 0.1) is 24.9 Å². The van der Waals surface area contributed by atoms with Gasteiger partial charge in [0.25, 0.3) is 0 Å². The third-order valence-electron chi connectivity index (χ3n) is 3.65. The zero-order chi connectivity index (χ0) is 19.1. The first-order valence-electron chi connectivity index (χ1n) is 8.74. The molecular formula is C18H27N5O2S. The van der Waals surface area contributed by atoms with E-state index < -0.39 is 0 Å². The van der Waals surface area contributed by atoms with Gasteiger partial charge < -0.3 is 19.9 Å². The van der Waals surface area contributed by atoms with Gasteiger partial charge in [0.15, 0.2) is 5.96 Å². The molecule has 2 rings (SSSR count). The number of aromatic nitrogens is 2. The number of hydrogen-bond acceptors (Lipinski definition) is 5. The summed E-state index contributed by atoms with van der Waals surface area (Å²) in [6.45, 7) is 9.36. The maximum absolute atomic E-state index is 12.0. The molecule has 2 heterocycles. The van der Waals surface area contributed by atoms with Crippen LogP contribution < -0.4 is 10.6 Å². The quantitative estimate of drug-likeness (QED) is 0.441. The van der Waals surface area contributed by atoms with Crippen LogP contribution in [0.3, 0.4) is 0 Å². The van der Waals surface area contributed by atoms with Crippen LogP contribution in [0.25, 0.3) is 0 Å². The Hall–Kier alpha value is -2.35. The fraction of sp³-hybridized carbons (Fsp3) is 0.500. The number of rotatable bonds is 7. The first-order chi connectivity index (χ1) is 12.4. The molecule has 0 aliphatic heterocycles. The van der Waals surface area contributed by atoms with Crippen molar-refractivity contribution in [1.82, 2.24) is 20.2 Å². The molecule has 8 heteroatoms. The predicted molar refractivity (Wildman–Crippen MR) is 105 cm³/mol. The molecule has 7 nitrogen and oxygen atoms in total. The van der Waals surface area contributed by atoms with E-state index in [0.29, 0.717) is 23.7 Å². The molecule has 0 radical (unpaired) electrons. The Bertz CT molecular complexity index is 765. The molecule has 26 heavy (non-hydrogen) atoms. The van der Waals surface area contributed by atoms with Gasteiger partial charge in [-0.1, -0.05) is 0 Å². The molecule has 1 unspecified atom stereocenters. The standard InChI is InChI=1S/C18H27N5O2S/c1-6-19-18(20-10-14-8-9-23(5)11-14)22-13(4)16-21-12(3)15(26-16)17(24)25-7-2/h8-9,11,13H,6-7,10H2,1-5H3,(H2,19,20,22). The van der Waals surface area contributed by atoms with E-state index in [4.69, 9.17) is 4.74 Å². The Labute approximate surface area is 158 Å². The van der Waals surface area contributed by atoms with Crippen LogP contribution in [0.2, 0.25) is 0 Å². The molecule has 142 valence electrons. The van der Waals surface area contributed by atoms with E-state index in [1.807, 2.05) is 50.8 Å². The van der Waals surface area contributed by atoms with Crippen LogP contribution in [0.5, 0.6) is 0 Å². The number of carbonyl (C=O) groups excluding carboxylic acids is 1. The molecular weight excluding hydrogens is 350 g/mol. The molecule has 0 aliphatic carbocycles. The van der Waals surface area contributed by atoms with Gasteiger partial charge in [0.1, 0.15) is 9.88 Å². The summed E-state index contributed by atoms with van der Waals surface area (Å²) < 4.78 is 7.09. The highest BCUT2D eigenvalue weighted by Gasteiger charge is 2.20. The van der Waals surface area contributed by atoms with Crippen LogP contribution in [-0.2, 0) is 18.3 Å². The van der Waals surface area contributed by atoms with E-state index in [-0.39, 0.29) is 12.0 Å². The largest absolute Gasteiger partial charge is 0.462 e. The van der Waals surface area contributed by atoms with Crippen molar-refractivity contribution in [3.8, 4) is 0 Å². The van der Waals surface area contributed by atoms with Crippen molar-refractivity contribution in [3.05, 3.63) is 39.6 Å². The molecule has 0 amide bonds. The van der Waals surface area contributed by atoms with Crippen molar-refractivity contribution >= 4 is 23.3 Å². The van der Waals surface area contributed by atoms with Crippen LogP contribution in [0.15, 0.2) is 23.5 Å². The lowest BCUT2D eigenvalue weighted by Gasteiger charge is -2.15. The van der Waals surface area contributed by atoms with Gasteiger partial charge >= 0.3 is 5.97 Å². The van der Waals surface area contributed by atoms with Gasteiger partial charge in [-0.15, -0.1) is 11.3 Å². The number of hydrogen-bond donors (Lipinski definition) is 2. The topological polar surface area (TPSA) is 80.5 Å². The predicted octanol–water partition coefficient (Wildman–Crippen LogP) is 2.78. The number of carbonyl (C=O) groups is 1. The molecule has 0 fully saturated rings. The number of guanidine groups is 1. The van der Waals surface area contributed by atoms with E-state index in [1.54, 1.807) is 6.92 Å². The van der Waals surface area contributed by atoms with Crippen LogP contribution in [0, 0.1) is 6.92 Å². The van der Waals surface area contributed by atoms with Crippen molar-refractivity contribution in [3.63, 3.8) is 0 Å². The lowest BCUT2D eigenvalue weighted by atomic mass is 10.3. The Morgan fingerprint density at radius 1 is 1.46 bits per heavy atom. The van der Waals surface area contributed by atoms with Gasteiger partial charge in [-0.2, -0.15) is 0 Å². The van der Waals surface area contributed by atoms with Crippen molar-refractivity contribution in [1.29, 1.82) is 0 Å². The first-order valence-corrected chi connectivity index (χ1v) is 9.56. The number of nitrogens with zero attached hydrogens (tertiary/aromatic N) is 3. The molecule has 0 saturated carbocycles. The van der Waals surface area contributed by atoms with Gasteiger partial charge in [0, 0.05) is 26.0 Å². The molecule has 2 N–H and O–H groups in total. The summed E-state index contributed by atoms with van der Waals surface area (Å²) in [5.41, 5.74) is 1.84. The Morgan fingerprint density at radius 3 is 2.85 bits per heavy atom. The van der Waals surface area contributed by atoms with Crippen LogP contribution in [-0.4, -0.2) is 34.6 Å². The average Bonchev–Trinajstić information content (AvgIpc) is 3.19. The van der Waals surface area contributed by atoms with Gasteiger partial charge in [-0.05, 0) is 39.3 Å². The Morgan fingerprint density at radius 2 is 2.23 bits per heavy atom. The highest BCUT2D eigenvalue weighted by Crippen LogP contribution is 2.24. The highest BCUT2D eigenvalue weighted by molar-refractivity contribution is 7.13. The summed E-state index contributed by atoms with van der Waals surface area (Å²) in [4.78, 5) is 21.7. The third kappa shape index (κ3) is 5.32. The van der Waals surface area contributed by atoms with Crippen molar-refractivity contribution < 1.29 is 9.53 Å². The maximum atomic E-state index is 12.0. The summed E-state index contributed by atoms with van der Waals surface area (Å²) in [6.07, 6.45) is 4.05. The molecule has 0 aromatic carbocycles. The molecule has 0 bridgehead atoms. The maximum Gasteiger partial charge on any atom is 0.350 e. The van der Waals surface area contributed by atoms with E-state index >= 15 is 0 Å². The molecule has 2 aromatic heterocycles. The zero-order valence-corrected chi connectivity index (χ0v) is 16.8. The summed E-state index contributed by atoms with van der Waals surface area (Å²) in [5.74, 6) is 0.403. The lowest BCUT2D eigenvalue weighted by Crippen LogP contribution is -2.38. The number of ether oxygens (including phenoxy) is 1. The van der Waals surface area contributed by atoms with E-state index in [1.165, 1.54) is 11.3 Å². The second kappa shape index (κ2) is 9.38. The van der Waals surface area contributed by atoms with Gasteiger partial charge in [-0.25, -0.2) is 14.8 Å². The zero-order valence-electron chi connectivity index (χ0n) is 16.0. The molecule has 0 saturated heterocycles. The average molecular weight is 378 g/mol. The van der Waals surface area contributed by atoms with Crippen LogP contribution >= 0.6 is 11.3 Å². The van der Waals surface area contributed by atoms with Crippen molar-refractivity contribution in [2.75, 3.05) is 13.2 Å².